The van der Waals surface area contributed by atoms with Crippen LogP contribution in [-0.2, 0) is 10.3 Å². The number of rotatable bonds is 5. The SMILES string of the molecule is Br.CC(=O)C(CCO)(c1ccccc1)N(C)C. The minimum absolute atomic E-state index is 0. The quantitative estimate of drug-likeness (QED) is 0.904. The van der Waals surface area contributed by atoms with E-state index in [0.29, 0.717) is 6.42 Å². The van der Waals surface area contributed by atoms with E-state index in [-0.39, 0.29) is 29.4 Å². The fraction of sp³-hybridized carbons (Fsp3) is 0.462. The number of Topliss-reactive ketones (excluding diaryl/α,β-unsaturated/α-hetero) is 1. The smallest absolute Gasteiger partial charge is 0.154 e. The molecule has 4 heteroatoms. The van der Waals surface area contributed by atoms with Crippen LogP contribution in [0, 0.1) is 0 Å². The van der Waals surface area contributed by atoms with E-state index in [2.05, 4.69) is 0 Å². The van der Waals surface area contributed by atoms with E-state index in [1.807, 2.05) is 49.3 Å². The summed E-state index contributed by atoms with van der Waals surface area (Å²) < 4.78 is 0. The number of carbonyl (C=O) groups excluding carboxylic acids is 1. The summed E-state index contributed by atoms with van der Waals surface area (Å²) in [5.41, 5.74) is 0.220. The first-order valence-electron chi connectivity index (χ1n) is 5.40. The summed E-state index contributed by atoms with van der Waals surface area (Å²) in [7, 11) is 3.73. The summed E-state index contributed by atoms with van der Waals surface area (Å²) in [6.07, 6.45) is 0.416. The zero-order chi connectivity index (χ0) is 12.2. The molecule has 1 rings (SSSR count). The van der Waals surface area contributed by atoms with Crippen molar-refractivity contribution in [1.29, 1.82) is 0 Å². The van der Waals surface area contributed by atoms with Crippen molar-refractivity contribution in [3.05, 3.63) is 35.9 Å². The van der Waals surface area contributed by atoms with Crippen LogP contribution in [0.5, 0.6) is 0 Å². The zero-order valence-electron chi connectivity index (χ0n) is 10.5. The van der Waals surface area contributed by atoms with Crippen molar-refractivity contribution in [1.82, 2.24) is 4.90 Å². The van der Waals surface area contributed by atoms with Gasteiger partial charge in [0.15, 0.2) is 5.78 Å². The Hall–Kier alpha value is -0.710. The first-order valence-corrected chi connectivity index (χ1v) is 5.40. The van der Waals surface area contributed by atoms with Gasteiger partial charge in [-0.3, -0.25) is 9.69 Å². The molecule has 17 heavy (non-hydrogen) atoms. The molecule has 0 radical (unpaired) electrons. The van der Waals surface area contributed by atoms with E-state index in [1.165, 1.54) is 0 Å². The van der Waals surface area contributed by atoms with Gasteiger partial charge in [0.2, 0.25) is 0 Å². The molecular weight excluding hydrogens is 282 g/mol. The Bertz CT molecular complexity index is 354. The molecular formula is C13H20BrNO2. The first-order chi connectivity index (χ1) is 7.55. The van der Waals surface area contributed by atoms with E-state index in [4.69, 9.17) is 0 Å². The van der Waals surface area contributed by atoms with Gasteiger partial charge in [0.1, 0.15) is 5.54 Å². The van der Waals surface area contributed by atoms with Gasteiger partial charge in [-0.25, -0.2) is 0 Å². The second kappa shape index (κ2) is 6.89. The Morgan fingerprint density at radius 2 is 1.82 bits per heavy atom. The van der Waals surface area contributed by atoms with Gasteiger partial charge in [-0.2, -0.15) is 0 Å². The van der Waals surface area contributed by atoms with Gasteiger partial charge in [0, 0.05) is 13.0 Å². The second-order valence-electron chi connectivity index (χ2n) is 4.15. The Kier molecular flexibility index (Phi) is 6.60. The van der Waals surface area contributed by atoms with E-state index in [9.17, 15) is 9.90 Å². The highest BCUT2D eigenvalue weighted by atomic mass is 79.9. The molecule has 1 aromatic rings. The third kappa shape index (κ3) is 3.15. The molecule has 0 amide bonds. The summed E-state index contributed by atoms with van der Waals surface area (Å²) in [5.74, 6) is 0.0535. The molecule has 0 aliphatic carbocycles. The second-order valence-corrected chi connectivity index (χ2v) is 4.15. The largest absolute Gasteiger partial charge is 0.396 e. The van der Waals surface area contributed by atoms with Crippen molar-refractivity contribution < 1.29 is 9.90 Å². The van der Waals surface area contributed by atoms with Crippen LogP contribution in [-0.4, -0.2) is 36.5 Å². The molecule has 0 fully saturated rings. The maximum atomic E-state index is 11.9. The van der Waals surface area contributed by atoms with Crippen molar-refractivity contribution in [2.45, 2.75) is 18.9 Å². The molecule has 0 spiro atoms. The number of aliphatic hydroxyl groups excluding tert-OH is 1. The first kappa shape index (κ1) is 16.3. The summed E-state index contributed by atoms with van der Waals surface area (Å²) in [4.78, 5) is 13.8. The van der Waals surface area contributed by atoms with Crippen molar-refractivity contribution in [2.75, 3.05) is 20.7 Å². The zero-order valence-corrected chi connectivity index (χ0v) is 12.2. The van der Waals surface area contributed by atoms with E-state index < -0.39 is 5.54 Å². The molecule has 1 aromatic carbocycles. The molecule has 0 bridgehead atoms. The van der Waals surface area contributed by atoms with Gasteiger partial charge >= 0.3 is 0 Å². The van der Waals surface area contributed by atoms with Crippen molar-refractivity contribution >= 4 is 22.8 Å². The lowest BCUT2D eigenvalue weighted by atomic mass is 9.82. The predicted octanol–water partition coefficient (Wildman–Crippen LogP) is 1.99. The van der Waals surface area contributed by atoms with Crippen LogP contribution in [0.2, 0.25) is 0 Å². The van der Waals surface area contributed by atoms with Gasteiger partial charge in [-0.15, -0.1) is 17.0 Å². The third-order valence-corrected chi connectivity index (χ3v) is 3.07. The van der Waals surface area contributed by atoms with Crippen molar-refractivity contribution in [3.63, 3.8) is 0 Å². The monoisotopic (exact) mass is 301 g/mol. The molecule has 1 atom stereocenters. The fourth-order valence-electron chi connectivity index (χ4n) is 2.20. The third-order valence-electron chi connectivity index (χ3n) is 3.07. The molecule has 3 nitrogen and oxygen atoms in total. The molecule has 0 saturated carbocycles. The van der Waals surface area contributed by atoms with Crippen molar-refractivity contribution in [3.8, 4) is 0 Å². The highest BCUT2D eigenvalue weighted by Gasteiger charge is 2.38. The lowest BCUT2D eigenvalue weighted by Gasteiger charge is -2.37. The summed E-state index contributed by atoms with van der Waals surface area (Å²) in [5, 5.41) is 9.18. The fourth-order valence-corrected chi connectivity index (χ4v) is 2.20. The van der Waals surface area contributed by atoms with Crippen LogP contribution in [0.25, 0.3) is 0 Å². The van der Waals surface area contributed by atoms with Gasteiger partial charge < -0.3 is 5.11 Å². The number of ketones is 1. The van der Waals surface area contributed by atoms with E-state index in [0.717, 1.165) is 5.56 Å². The Morgan fingerprint density at radius 3 is 2.18 bits per heavy atom. The highest BCUT2D eigenvalue weighted by molar-refractivity contribution is 8.93. The lowest BCUT2D eigenvalue weighted by molar-refractivity contribution is -0.129. The lowest BCUT2D eigenvalue weighted by Crippen LogP contribution is -2.48. The van der Waals surface area contributed by atoms with Crippen LogP contribution >= 0.6 is 17.0 Å². The molecule has 1 unspecified atom stereocenters. The van der Waals surface area contributed by atoms with Crippen LogP contribution in [0.3, 0.4) is 0 Å². The van der Waals surface area contributed by atoms with E-state index >= 15 is 0 Å². The molecule has 1 N–H and O–H groups in total. The normalized spacial score (nSPS) is 13.9. The summed E-state index contributed by atoms with van der Waals surface area (Å²) in [6.45, 7) is 1.56. The number of likely N-dealkylation sites (N-methyl/N-ethyl adjacent to an activating group) is 1. The number of carbonyl (C=O) groups is 1. The molecule has 0 aliphatic heterocycles. The minimum atomic E-state index is -0.712. The van der Waals surface area contributed by atoms with Crippen LogP contribution < -0.4 is 0 Å². The standard InChI is InChI=1S/C13H19NO2.BrH/c1-11(16)13(9-10-15,14(2)3)12-7-5-4-6-8-12;/h4-8,15H,9-10H2,1-3H3;1H. The van der Waals surface area contributed by atoms with Crippen LogP contribution in [0.15, 0.2) is 30.3 Å². The molecule has 96 valence electrons. The van der Waals surface area contributed by atoms with Gasteiger partial charge in [-0.1, -0.05) is 30.3 Å². The topological polar surface area (TPSA) is 40.5 Å². The number of hydrogen-bond acceptors (Lipinski definition) is 3. The Balaban J connectivity index is 0.00000256. The summed E-state index contributed by atoms with van der Waals surface area (Å²) in [6, 6.07) is 9.60. The number of benzene rings is 1. The van der Waals surface area contributed by atoms with Crippen LogP contribution in [0.1, 0.15) is 18.9 Å². The molecule has 0 aliphatic rings. The van der Waals surface area contributed by atoms with Gasteiger partial charge in [0.05, 0.1) is 0 Å². The van der Waals surface area contributed by atoms with Crippen LogP contribution in [0.4, 0.5) is 0 Å². The number of hydrogen-bond donors (Lipinski definition) is 1. The number of aliphatic hydroxyl groups is 1. The molecule has 0 heterocycles. The van der Waals surface area contributed by atoms with Crippen molar-refractivity contribution in [2.24, 2.45) is 0 Å². The average molecular weight is 302 g/mol. The van der Waals surface area contributed by atoms with Gasteiger partial charge in [0.25, 0.3) is 0 Å². The molecule has 0 saturated heterocycles. The maximum absolute atomic E-state index is 11.9. The summed E-state index contributed by atoms with van der Waals surface area (Å²) >= 11 is 0. The Labute approximate surface area is 113 Å². The minimum Gasteiger partial charge on any atom is -0.396 e. The predicted molar refractivity (Wildman–Crippen MR) is 74.5 cm³/mol. The van der Waals surface area contributed by atoms with Gasteiger partial charge in [-0.05, 0) is 26.6 Å². The maximum Gasteiger partial charge on any atom is 0.154 e. The van der Waals surface area contributed by atoms with E-state index in [1.54, 1.807) is 6.92 Å². The number of halogens is 1. The highest BCUT2D eigenvalue weighted by Crippen LogP contribution is 2.31. The number of nitrogens with zero attached hydrogens (tertiary/aromatic N) is 1. The molecule has 0 aromatic heterocycles. The average Bonchev–Trinajstić information content (AvgIpc) is 2.26. The Morgan fingerprint density at radius 1 is 1.29 bits per heavy atom.